The van der Waals surface area contributed by atoms with Crippen LogP contribution in [0.3, 0.4) is 0 Å². The van der Waals surface area contributed by atoms with E-state index < -0.39 is 18.3 Å². The van der Waals surface area contributed by atoms with E-state index in [2.05, 4.69) is 20.3 Å². The average molecular weight is 623 g/mol. The molecule has 12 heteroatoms. The van der Waals surface area contributed by atoms with E-state index in [0.717, 1.165) is 36.1 Å². The summed E-state index contributed by atoms with van der Waals surface area (Å²) >= 11 is 0. The van der Waals surface area contributed by atoms with Crippen LogP contribution in [0.2, 0.25) is 0 Å². The van der Waals surface area contributed by atoms with Gasteiger partial charge in [-0.15, -0.1) is 0 Å². The molecule has 2 aliphatic heterocycles. The van der Waals surface area contributed by atoms with Crippen LogP contribution in [0.15, 0.2) is 54.6 Å². The average Bonchev–Trinajstić information content (AvgIpc) is 3.89. The molecule has 2 amide bonds. The molecule has 1 unspecified atom stereocenters. The number of likely N-dealkylation sites (N-methyl/N-ethyl adjacent to an activating group) is 2. The number of carbonyl (C=O) groups is 2. The molecule has 4 N–H and O–H groups in total. The van der Waals surface area contributed by atoms with Gasteiger partial charge in [0.1, 0.15) is 11.9 Å². The summed E-state index contributed by atoms with van der Waals surface area (Å²) in [6.45, 7) is 1.41. The monoisotopic (exact) mass is 622 g/mol. The Hall–Kier alpha value is -4.94. The molecule has 0 spiro atoms. The second kappa shape index (κ2) is 11.8. The van der Waals surface area contributed by atoms with E-state index in [-0.39, 0.29) is 35.2 Å². The zero-order valence-electron chi connectivity index (χ0n) is 25.7. The zero-order valence-corrected chi connectivity index (χ0v) is 25.7. The second-order valence-electron chi connectivity index (χ2n) is 12.2. The van der Waals surface area contributed by atoms with Gasteiger partial charge in [0.25, 0.3) is 5.91 Å². The summed E-state index contributed by atoms with van der Waals surface area (Å²) in [6.07, 6.45) is 2.60. The van der Waals surface area contributed by atoms with Gasteiger partial charge in [0, 0.05) is 43.5 Å². The minimum absolute atomic E-state index is 0.0348. The van der Waals surface area contributed by atoms with Crippen LogP contribution in [0.25, 0.3) is 11.4 Å². The third-order valence-corrected chi connectivity index (χ3v) is 9.12. The number of nitrogen functional groups attached to an aromatic ring is 1. The number of carbonyl (C=O) groups excluding carboxylic acids is 2. The number of nitrogens with zero attached hydrogens (tertiary/aromatic N) is 6. The van der Waals surface area contributed by atoms with E-state index in [4.69, 9.17) is 5.73 Å². The van der Waals surface area contributed by atoms with E-state index >= 15 is 4.39 Å². The van der Waals surface area contributed by atoms with Gasteiger partial charge in [-0.3, -0.25) is 14.5 Å². The van der Waals surface area contributed by atoms with Crippen molar-refractivity contribution in [2.45, 2.75) is 37.8 Å². The Bertz CT molecular complexity index is 1850. The van der Waals surface area contributed by atoms with Crippen molar-refractivity contribution in [1.82, 2.24) is 24.8 Å². The Labute approximate surface area is 265 Å². The highest BCUT2D eigenvalue weighted by Gasteiger charge is 2.34. The molecule has 3 aliphatic rings. The number of nitrogens with two attached hydrogens (primary N) is 1. The number of fused-ring (bicyclic) bond motifs is 1. The minimum atomic E-state index is -0.505. The number of hydrogen-bond donors (Lipinski definition) is 3. The molecule has 3 heterocycles. The van der Waals surface area contributed by atoms with Gasteiger partial charge in [-0.25, -0.2) is 4.39 Å². The standard InChI is InChI=1S/C34H35FN8O3/c1-41-14-15-42(2)32(46)29(41)20-8-10-23(11-9-20)37-34-39-30(38-33(36)40-34)24-4-3-5-27(25(24)18-44)43-13-12-21-16-22(19-6-7-19)17-26(35)28(21)31(43)45/h3-5,8-11,16-17,19,29,44H,6-7,12-15,18H2,1-2H3,(H3,36,37,38,39,40). The predicted molar refractivity (Wildman–Crippen MR) is 172 cm³/mol. The van der Waals surface area contributed by atoms with Crippen LogP contribution in [-0.4, -0.2) is 75.4 Å². The Morgan fingerprint density at radius 3 is 2.50 bits per heavy atom. The summed E-state index contributed by atoms with van der Waals surface area (Å²) in [4.78, 5) is 44.9. The molecule has 1 atom stereocenters. The number of hydrogen-bond acceptors (Lipinski definition) is 9. The molecule has 1 saturated heterocycles. The quantitative estimate of drug-likeness (QED) is 0.279. The van der Waals surface area contributed by atoms with Crippen LogP contribution in [0, 0.1) is 5.82 Å². The highest BCUT2D eigenvalue weighted by molar-refractivity contribution is 6.09. The van der Waals surface area contributed by atoms with Crippen molar-refractivity contribution in [2.75, 3.05) is 49.7 Å². The first-order valence-corrected chi connectivity index (χ1v) is 15.4. The summed E-state index contributed by atoms with van der Waals surface area (Å²) in [5.41, 5.74) is 10.8. The van der Waals surface area contributed by atoms with E-state index in [0.29, 0.717) is 47.9 Å². The highest BCUT2D eigenvalue weighted by Crippen LogP contribution is 2.42. The first-order valence-electron chi connectivity index (χ1n) is 15.4. The third kappa shape index (κ3) is 5.43. The summed E-state index contributed by atoms with van der Waals surface area (Å²) < 4.78 is 15.3. The van der Waals surface area contributed by atoms with Crippen molar-refractivity contribution >= 4 is 35.1 Å². The molecule has 7 rings (SSSR count). The van der Waals surface area contributed by atoms with Gasteiger partial charge in [-0.05, 0) is 73.2 Å². The number of aromatic nitrogens is 3. The van der Waals surface area contributed by atoms with E-state index in [1.165, 1.54) is 11.0 Å². The summed E-state index contributed by atoms with van der Waals surface area (Å²) in [5.74, 6) is -0.154. The molecular weight excluding hydrogens is 587 g/mol. The maximum Gasteiger partial charge on any atom is 0.261 e. The molecule has 0 bridgehead atoms. The van der Waals surface area contributed by atoms with Gasteiger partial charge in [-0.1, -0.05) is 30.3 Å². The number of anilines is 4. The van der Waals surface area contributed by atoms with Crippen LogP contribution in [0.5, 0.6) is 0 Å². The number of aliphatic hydroxyl groups is 1. The summed E-state index contributed by atoms with van der Waals surface area (Å²) in [6, 6.07) is 15.8. The molecule has 3 aromatic carbocycles. The molecule has 11 nitrogen and oxygen atoms in total. The molecule has 236 valence electrons. The number of nitrogens with one attached hydrogen (secondary N) is 1. The maximum absolute atomic E-state index is 15.3. The maximum atomic E-state index is 15.3. The highest BCUT2D eigenvalue weighted by atomic mass is 19.1. The number of benzene rings is 3. The first-order chi connectivity index (χ1) is 22.2. The Morgan fingerprint density at radius 1 is 0.978 bits per heavy atom. The fourth-order valence-corrected chi connectivity index (χ4v) is 6.47. The summed E-state index contributed by atoms with van der Waals surface area (Å²) in [5, 5.41) is 13.7. The number of piperazine rings is 1. The van der Waals surface area contributed by atoms with Gasteiger partial charge >= 0.3 is 0 Å². The van der Waals surface area contributed by atoms with Crippen LogP contribution in [-0.2, 0) is 17.8 Å². The minimum Gasteiger partial charge on any atom is -0.392 e. The van der Waals surface area contributed by atoms with Gasteiger partial charge in [0.05, 0.1) is 17.9 Å². The molecular formula is C34H35FN8O3. The van der Waals surface area contributed by atoms with Gasteiger partial charge in [-0.2, -0.15) is 15.0 Å². The topological polar surface area (TPSA) is 141 Å². The molecule has 1 saturated carbocycles. The largest absolute Gasteiger partial charge is 0.392 e. The van der Waals surface area contributed by atoms with Crippen molar-refractivity contribution in [3.05, 3.63) is 88.2 Å². The first kappa shape index (κ1) is 29.8. The molecule has 46 heavy (non-hydrogen) atoms. The molecule has 1 aromatic heterocycles. The van der Waals surface area contributed by atoms with Crippen LogP contribution >= 0.6 is 0 Å². The second-order valence-corrected chi connectivity index (χ2v) is 12.2. The van der Waals surface area contributed by atoms with Crippen LogP contribution in [0.4, 0.5) is 27.7 Å². The van der Waals surface area contributed by atoms with Crippen molar-refractivity contribution < 1.29 is 19.1 Å². The lowest BCUT2D eigenvalue weighted by Gasteiger charge is -2.37. The SMILES string of the molecule is CN1CCN(C)C(c2ccc(Nc3nc(N)nc(-c4cccc(N5CCc6cc(C7CC7)cc(F)c6C5=O)c4CO)n3)cc2)C1=O. The lowest BCUT2D eigenvalue weighted by atomic mass is 9.93. The zero-order chi connectivity index (χ0) is 32.1. The lowest BCUT2D eigenvalue weighted by molar-refractivity contribution is -0.139. The molecule has 1 aliphatic carbocycles. The lowest BCUT2D eigenvalue weighted by Crippen LogP contribution is -2.48. The predicted octanol–water partition coefficient (Wildman–Crippen LogP) is 4.02. The van der Waals surface area contributed by atoms with Crippen molar-refractivity contribution in [3.63, 3.8) is 0 Å². The normalized spacial score (nSPS) is 18.6. The molecule has 4 aromatic rings. The van der Waals surface area contributed by atoms with Gasteiger partial charge < -0.3 is 26.0 Å². The number of halogens is 1. The Morgan fingerprint density at radius 2 is 1.76 bits per heavy atom. The number of amides is 2. The van der Waals surface area contributed by atoms with Crippen molar-refractivity contribution in [3.8, 4) is 11.4 Å². The molecule has 0 radical (unpaired) electrons. The summed E-state index contributed by atoms with van der Waals surface area (Å²) in [7, 11) is 3.75. The fourth-order valence-electron chi connectivity index (χ4n) is 6.47. The Kier molecular flexibility index (Phi) is 7.61. The van der Waals surface area contributed by atoms with Gasteiger partial charge in [0.2, 0.25) is 17.8 Å². The van der Waals surface area contributed by atoms with E-state index in [1.54, 1.807) is 23.1 Å². The third-order valence-electron chi connectivity index (χ3n) is 9.12. The molecule has 2 fully saturated rings. The smallest absolute Gasteiger partial charge is 0.261 e. The fraction of sp³-hybridized carbons (Fsp3) is 0.324. The van der Waals surface area contributed by atoms with Gasteiger partial charge in [0.15, 0.2) is 5.82 Å². The van der Waals surface area contributed by atoms with E-state index in [9.17, 15) is 14.7 Å². The Balaban J connectivity index is 1.16. The van der Waals surface area contributed by atoms with Crippen molar-refractivity contribution in [1.29, 1.82) is 0 Å². The van der Waals surface area contributed by atoms with E-state index in [1.807, 2.05) is 49.3 Å². The van der Waals surface area contributed by atoms with Crippen LogP contribution < -0.4 is 16.0 Å². The van der Waals surface area contributed by atoms with Crippen molar-refractivity contribution in [2.24, 2.45) is 0 Å². The number of aliphatic hydroxyl groups excluding tert-OH is 1. The number of rotatable bonds is 7. The van der Waals surface area contributed by atoms with Crippen LogP contribution in [0.1, 0.15) is 57.4 Å².